The van der Waals surface area contributed by atoms with Crippen molar-refractivity contribution in [3.8, 4) is 0 Å². The quantitative estimate of drug-likeness (QED) is 0.383. The Kier molecular flexibility index (Phi) is 9.59. The summed E-state index contributed by atoms with van der Waals surface area (Å²) in [4.78, 5) is 60.5. The number of carbonyl (C=O) groups excluding carboxylic acids is 4. The van der Waals surface area contributed by atoms with Crippen molar-refractivity contribution in [3.05, 3.63) is 66.0 Å². The van der Waals surface area contributed by atoms with Gasteiger partial charge in [-0.1, -0.05) is 36.4 Å². The second-order valence-corrected chi connectivity index (χ2v) is 12.6. The summed E-state index contributed by atoms with van der Waals surface area (Å²) in [7, 11) is 0. The molecule has 0 radical (unpaired) electrons. The third-order valence-electron chi connectivity index (χ3n) is 7.39. The highest BCUT2D eigenvalue weighted by Crippen LogP contribution is 2.29. The summed E-state index contributed by atoms with van der Waals surface area (Å²) in [5, 5.41) is 8.32. The molecular formula is C31H42N6O6. The first-order valence-corrected chi connectivity index (χ1v) is 14.5. The number of ether oxygens (including phenoxy) is 2. The molecule has 0 unspecified atom stereocenters. The predicted molar refractivity (Wildman–Crippen MR) is 159 cm³/mol. The number of fused-ring (bicyclic) bond motifs is 1. The number of hydrogen-bond acceptors (Lipinski definition) is 7. The summed E-state index contributed by atoms with van der Waals surface area (Å²) < 4.78 is 11.2. The van der Waals surface area contributed by atoms with E-state index < -0.39 is 34.7 Å². The Morgan fingerprint density at radius 3 is 2.44 bits per heavy atom. The van der Waals surface area contributed by atoms with Crippen LogP contribution in [0.2, 0.25) is 0 Å². The fraction of sp³-hybridized carbons (Fsp3) is 0.516. The Hall–Kier alpha value is -4.19. The third-order valence-corrected chi connectivity index (χ3v) is 7.39. The van der Waals surface area contributed by atoms with Gasteiger partial charge >= 0.3 is 12.1 Å². The van der Waals surface area contributed by atoms with Gasteiger partial charge in [-0.3, -0.25) is 14.6 Å². The van der Waals surface area contributed by atoms with Crippen LogP contribution in [-0.2, 0) is 32.1 Å². The van der Waals surface area contributed by atoms with Crippen molar-refractivity contribution < 1.29 is 28.7 Å². The first kappa shape index (κ1) is 31.7. The molecule has 232 valence electrons. The van der Waals surface area contributed by atoms with E-state index in [0.29, 0.717) is 26.1 Å². The molecule has 0 saturated carbocycles. The molecule has 4 rings (SSSR count). The van der Waals surface area contributed by atoms with E-state index in [0.717, 1.165) is 11.3 Å². The highest BCUT2D eigenvalue weighted by Gasteiger charge is 2.50. The van der Waals surface area contributed by atoms with Gasteiger partial charge in [0.15, 0.2) is 0 Å². The van der Waals surface area contributed by atoms with Crippen LogP contribution < -0.4 is 16.0 Å². The van der Waals surface area contributed by atoms with Gasteiger partial charge in [-0.25, -0.2) is 9.59 Å². The molecule has 0 bridgehead atoms. The van der Waals surface area contributed by atoms with Gasteiger partial charge in [0.2, 0.25) is 11.8 Å². The minimum Gasteiger partial charge on any atom is -0.444 e. The van der Waals surface area contributed by atoms with E-state index in [1.165, 1.54) is 13.8 Å². The Labute approximate surface area is 252 Å². The Morgan fingerprint density at radius 2 is 1.77 bits per heavy atom. The fourth-order valence-electron chi connectivity index (χ4n) is 5.24. The smallest absolute Gasteiger partial charge is 0.408 e. The van der Waals surface area contributed by atoms with Gasteiger partial charge in [0, 0.05) is 44.5 Å². The van der Waals surface area contributed by atoms with Crippen molar-refractivity contribution in [1.82, 2.24) is 30.7 Å². The van der Waals surface area contributed by atoms with E-state index in [1.807, 2.05) is 48.5 Å². The molecule has 2 aliphatic heterocycles. The lowest BCUT2D eigenvalue weighted by atomic mass is 9.89. The third kappa shape index (κ3) is 8.22. The van der Waals surface area contributed by atoms with Crippen LogP contribution in [0.5, 0.6) is 0 Å². The first-order valence-electron chi connectivity index (χ1n) is 14.5. The fourth-order valence-corrected chi connectivity index (χ4v) is 5.24. The van der Waals surface area contributed by atoms with Crippen molar-refractivity contribution in [2.24, 2.45) is 0 Å². The van der Waals surface area contributed by atoms with Gasteiger partial charge in [-0.05, 0) is 52.3 Å². The minimum atomic E-state index is -1.39. The van der Waals surface area contributed by atoms with Crippen LogP contribution in [-0.4, -0.2) is 94.2 Å². The number of rotatable bonds is 10. The number of aromatic nitrogens is 1. The molecular weight excluding hydrogens is 552 g/mol. The number of nitrogens with zero attached hydrogens (tertiary/aromatic N) is 3. The van der Waals surface area contributed by atoms with Crippen LogP contribution >= 0.6 is 0 Å². The second-order valence-electron chi connectivity index (χ2n) is 12.6. The van der Waals surface area contributed by atoms with E-state index in [4.69, 9.17) is 9.47 Å². The number of piperazine rings is 1. The standard InChI is InChI=1S/C31H42N6O6/c1-29(2,3)43-28(41)35-30(4,5)26(39)34-24(19-42-18-22-11-7-6-8-12-22)25(38)36-15-16-37-27(40)33-20-31(37,21-36)17-23-13-9-10-14-32-23/h6-14,24H,15-21H2,1-5H3,(H,33,40)(H,34,39)(H,35,41)/t24-,31-/m1/s1. The topological polar surface area (TPSA) is 142 Å². The van der Waals surface area contributed by atoms with E-state index in [-0.39, 0.29) is 31.7 Å². The van der Waals surface area contributed by atoms with Crippen LogP contribution in [0.25, 0.3) is 0 Å². The lowest BCUT2D eigenvalue weighted by Gasteiger charge is -2.46. The molecule has 43 heavy (non-hydrogen) atoms. The van der Waals surface area contributed by atoms with Crippen molar-refractivity contribution >= 4 is 23.9 Å². The number of benzene rings is 1. The number of alkyl carbamates (subject to hydrolysis) is 1. The Morgan fingerprint density at radius 1 is 1.05 bits per heavy atom. The van der Waals surface area contributed by atoms with Gasteiger partial charge in [-0.2, -0.15) is 0 Å². The van der Waals surface area contributed by atoms with Crippen LogP contribution in [0.1, 0.15) is 45.9 Å². The number of amides is 5. The van der Waals surface area contributed by atoms with Crippen LogP contribution in [0.4, 0.5) is 9.59 Å². The van der Waals surface area contributed by atoms with Gasteiger partial charge in [0.1, 0.15) is 17.2 Å². The van der Waals surface area contributed by atoms with E-state index in [1.54, 1.807) is 36.8 Å². The number of urea groups is 1. The number of pyridine rings is 1. The average Bonchev–Trinajstić information content (AvgIpc) is 3.26. The molecule has 2 fully saturated rings. The van der Waals surface area contributed by atoms with Gasteiger partial charge in [0.05, 0.1) is 18.8 Å². The summed E-state index contributed by atoms with van der Waals surface area (Å²) in [6, 6.07) is 13.9. The molecule has 12 nitrogen and oxygen atoms in total. The van der Waals surface area contributed by atoms with Crippen LogP contribution in [0, 0.1) is 0 Å². The van der Waals surface area contributed by atoms with E-state index in [2.05, 4.69) is 20.9 Å². The summed E-state index contributed by atoms with van der Waals surface area (Å²) in [5.41, 5.74) is -1.09. The molecule has 1 aromatic carbocycles. The highest BCUT2D eigenvalue weighted by molar-refractivity contribution is 5.94. The lowest BCUT2D eigenvalue weighted by Crippen LogP contribution is -2.66. The molecule has 2 aliphatic rings. The maximum Gasteiger partial charge on any atom is 0.408 e. The zero-order chi connectivity index (χ0) is 31.3. The summed E-state index contributed by atoms with van der Waals surface area (Å²) in [6.07, 6.45) is 1.42. The molecule has 2 aromatic rings. The second kappa shape index (κ2) is 13.0. The number of nitrogens with one attached hydrogen (secondary N) is 3. The highest BCUT2D eigenvalue weighted by atomic mass is 16.6. The zero-order valence-electron chi connectivity index (χ0n) is 25.5. The predicted octanol–water partition coefficient (Wildman–Crippen LogP) is 2.24. The van der Waals surface area contributed by atoms with E-state index in [9.17, 15) is 19.2 Å². The molecule has 1 aromatic heterocycles. The number of carbonyl (C=O) groups is 4. The monoisotopic (exact) mass is 594 g/mol. The SMILES string of the molecule is CC(C)(C)OC(=O)NC(C)(C)C(=O)N[C@H](COCc1ccccc1)C(=O)N1CCN2C(=O)NC[C@]2(Cc2ccccn2)C1. The summed E-state index contributed by atoms with van der Waals surface area (Å²) in [5.74, 6) is -0.909. The molecule has 3 heterocycles. The molecule has 0 aliphatic carbocycles. The molecule has 2 atom stereocenters. The van der Waals surface area contributed by atoms with Crippen molar-refractivity contribution in [3.63, 3.8) is 0 Å². The molecule has 12 heteroatoms. The van der Waals surface area contributed by atoms with Gasteiger partial charge in [0.25, 0.3) is 0 Å². The van der Waals surface area contributed by atoms with Crippen molar-refractivity contribution in [2.45, 2.75) is 70.4 Å². The van der Waals surface area contributed by atoms with Crippen LogP contribution in [0.15, 0.2) is 54.7 Å². The Bertz CT molecular complexity index is 1300. The lowest BCUT2D eigenvalue weighted by molar-refractivity contribution is -0.142. The minimum absolute atomic E-state index is 0.0907. The van der Waals surface area contributed by atoms with Crippen LogP contribution in [0.3, 0.4) is 0 Å². The van der Waals surface area contributed by atoms with Crippen molar-refractivity contribution in [2.75, 3.05) is 32.8 Å². The summed E-state index contributed by atoms with van der Waals surface area (Å²) in [6.45, 7) is 9.66. The average molecular weight is 595 g/mol. The van der Waals surface area contributed by atoms with E-state index >= 15 is 0 Å². The molecule has 0 spiro atoms. The molecule has 2 saturated heterocycles. The number of hydrogen-bond donors (Lipinski definition) is 3. The summed E-state index contributed by atoms with van der Waals surface area (Å²) >= 11 is 0. The first-order chi connectivity index (χ1) is 20.3. The van der Waals surface area contributed by atoms with Gasteiger partial charge < -0.3 is 35.2 Å². The Balaban J connectivity index is 1.51. The molecule has 5 amide bonds. The van der Waals surface area contributed by atoms with Gasteiger partial charge in [-0.15, -0.1) is 0 Å². The maximum absolute atomic E-state index is 14.1. The largest absolute Gasteiger partial charge is 0.444 e. The van der Waals surface area contributed by atoms with Crippen molar-refractivity contribution in [1.29, 1.82) is 0 Å². The maximum atomic E-state index is 14.1. The zero-order valence-corrected chi connectivity index (χ0v) is 25.5. The molecule has 3 N–H and O–H groups in total. The normalized spacial score (nSPS) is 19.2.